The normalized spacial score (nSPS) is 21.5. The first-order chi connectivity index (χ1) is 11.7. The van der Waals surface area contributed by atoms with Gasteiger partial charge in [0.2, 0.25) is 5.91 Å². The molecule has 0 saturated heterocycles. The molecule has 0 aromatic carbocycles. The quantitative estimate of drug-likeness (QED) is 0.805. The van der Waals surface area contributed by atoms with Crippen LogP contribution >= 0.6 is 0 Å². The molecule has 2 aliphatic rings. The van der Waals surface area contributed by atoms with Crippen molar-refractivity contribution in [3.63, 3.8) is 0 Å². The van der Waals surface area contributed by atoms with Crippen LogP contribution in [0.2, 0.25) is 0 Å². The molecule has 0 bridgehead atoms. The van der Waals surface area contributed by atoms with E-state index >= 15 is 0 Å². The molecule has 1 amide bonds. The van der Waals surface area contributed by atoms with E-state index in [4.69, 9.17) is 9.26 Å². The van der Waals surface area contributed by atoms with Crippen molar-refractivity contribution in [2.75, 3.05) is 0 Å². The first kappa shape index (κ1) is 17.4. The lowest BCUT2D eigenvalue weighted by Gasteiger charge is -2.18. The third kappa shape index (κ3) is 5.03. The van der Waals surface area contributed by atoms with Crippen LogP contribution in [0, 0.1) is 0 Å². The largest absolute Gasteiger partial charge is 0.365 e. The van der Waals surface area contributed by atoms with E-state index in [0.717, 1.165) is 25.7 Å². The molecule has 2 fully saturated rings. The lowest BCUT2D eigenvalue weighted by Crippen LogP contribution is -2.33. The summed E-state index contributed by atoms with van der Waals surface area (Å²) in [4.78, 5) is 16.4. The second-order valence-electron chi connectivity index (χ2n) is 7.17. The third-order valence-electron chi connectivity index (χ3n) is 5.07. The van der Waals surface area contributed by atoms with Gasteiger partial charge in [-0.15, -0.1) is 0 Å². The van der Waals surface area contributed by atoms with Crippen LogP contribution in [0.5, 0.6) is 0 Å². The van der Waals surface area contributed by atoms with Crippen molar-refractivity contribution in [3.05, 3.63) is 11.7 Å². The lowest BCUT2D eigenvalue weighted by molar-refractivity contribution is -0.121. The summed E-state index contributed by atoms with van der Waals surface area (Å²) in [5, 5.41) is 6.98. The number of ether oxygens (including phenoxy) is 1. The molecule has 1 heterocycles. The van der Waals surface area contributed by atoms with Gasteiger partial charge in [-0.2, -0.15) is 4.98 Å². The van der Waals surface area contributed by atoms with Gasteiger partial charge < -0.3 is 14.6 Å². The second-order valence-corrected chi connectivity index (χ2v) is 7.17. The van der Waals surface area contributed by atoms with Crippen LogP contribution in [0.15, 0.2) is 4.52 Å². The lowest BCUT2D eigenvalue weighted by atomic mass is 10.1. The van der Waals surface area contributed by atoms with E-state index in [1.165, 1.54) is 38.5 Å². The first-order valence-corrected chi connectivity index (χ1v) is 9.48. The van der Waals surface area contributed by atoms with Crippen molar-refractivity contribution < 1.29 is 14.1 Å². The molecule has 2 saturated carbocycles. The minimum absolute atomic E-state index is 0.0217. The highest BCUT2D eigenvalue weighted by Crippen LogP contribution is 2.25. The summed E-state index contributed by atoms with van der Waals surface area (Å²) in [6, 6.07) is 0.321. The number of amides is 1. The molecule has 1 aromatic heterocycles. The molecular formula is C18H29N3O3. The Morgan fingerprint density at radius 2 is 1.83 bits per heavy atom. The van der Waals surface area contributed by atoms with E-state index in [-0.39, 0.29) is 24.5 Å². The van der Waals surface area contributed by atoms with E-state index in [0.29, 0.717) is 17.8 Å². The molecule has 6 heteroatoms. The molecule has 2 aliphatic carbocycles. The van der Waals surface area contributed by atoms with Crippen molar-refractivity contribution >= 4 is 5.91 Å². The van der Waals surface area contributed by atoms with Crippen LogP contribution in [0.4, 0.5) is 0 Å². The summed E-state index contributed by atoms with van der Waals surface area (Å²) in [6.45, 7) is 1.95. The van der Waals surface area contributed by atoms with E-state index < -0.39 is 0 Å². The Balaban J connectivity index is 1.47. The standard InChI is InChI=1S/C18H29N3O3/c1-13(23-15-10-4-2-3-5-11-15)18-20-16(21-24-18)12-17(22)19-14-8-6-7-9-14/h13-15H,2-12H2,1H3,(H,19,22). The molecular weight excluding hydrogens is 306 g/mol. The molecule has 24 heavy (non-hydrogen) atoms. The molecule has 1 aromatic rings. The molecule has 134 valence electrons. The predicted octanol–water partition coefficient (Wildman–Crippen LogP) is 3.47. The van der Waals surface area contributed by atoms with Crippen molar-refractivity contribution in [3.8, 4) is 0 Å². The fourth-order valence-electron chi connectivity index (χ4n) is 3.72. The van der Waals surface area contributed by atoms with Gasteiger partial charge in [0.05, 0.1) is 12.5 Å². The molecule has 1 N–H and O–H groups in total. The number of rotatable bonds is 6. The van der Waals surface area contributed by atoms with Gasteiger partial charge in [-0.3, -0.25) is 4.79 Å². The van der Waals surface area contributed by atoms with Crippen LogP contribution in [0.25, 0.3) is 0 Å². The van der Waals surface area contributed by atoms with Gasteiger partial charge in [0.1, 0.15) is 6.10 Å². The van der Waals surface area contributed by atoms with Crippen molar-refractivity contribution in [1.82, 2.24) is 15.5 Å². The Morgan fingerprint density at radius 3 is 2.54 bits per heavy atom. The Morgan fingerprint density at radius 1 is 1.17 bits per heavy atom. The van der Waals surface area contributed by atoms with E-state index in [1.807, 2.05) is 6.92 Å². The zero-order valence-corrected chi connectivity index (χ0v) is 14.6. The third-order valence-corrected chi connectivity index (χ3v) is 5.07. The zero-order chi connectivity index (χ0) is 16.8. The maximum Gasteiger partial charge on any atom is 0.255 e. The summed E-state index contributed by atoms with van der Waals surface area (Å²) >= 11 is 0. The monoisotopic (exact) mass is 335 g/mol. The topological polar surface area (TPSA) is 77.2 Å². The molecule has 3 rings (SSSR count). The Labute approximate surface area is 143 Å². The van der Waals surface area contributed by atoms with Gasteiger partial charge in [0.25, 0.3) is 5.89 Å². The first-order valence-electron chi connectivity index (χ1n) is 9.48. The summed E-state index contributed by atoms with van der Waals surface area (Å²) in [5.41, 5.74) is 0. The molecule has 0 aliphatic heterocycles. The molecule has 1 atom stereocenters. The molecule has 0 spiro atoms. The fraction of sp³-hybridized carbons (Fsp3) is 0.833. The smallest absolute Gasteiger partial charge is 0.255 e. The Hall–Kier alpha value is -1.43. The fourth-order valence-corrected chi connectivity index (χ4v) is 3.72. The van der Waals surface area contributed by atoms with Crippen LogP contribution in [0.1, 0.15) is 89.0 Å². The van der Waals surface area contributed by atoms with Crippen molar-refractivity contribution in [2.24, 2.45) is 0 Å². The van der Waals surface area contributed by atoms with E-state index in [9.17, 15) is 4.79 Å². The SMILES string of the molecule is CC(OC1CCCCCC1)c1nc(CC(=O)NC2CCCC2)no1. The molecule has 0 radical (unpaired) electrons. The summed E-state index contributed by atoms with van der Waals surface area (Å²) in [6.07, 6.45) is 12.1. The highest BCUT2D eigenvalue weighted by Gasteiger charge is 2.22. The van der Waals surface area contributed by atoms with E-state index in [2.05, 4.69) is 15.5 Å². The van der Waals surface area contributed by atoms with Gasteiger partial charge in [-0.25, -0.2) is 0 Å². The van der Waals surface area contributed by atoms with Crippen LogP contribution < -0.4 is 5.32 Å². The maximum absolute atomic E-state index is 12.0. The Kier molecular flexibility index (Phi) is 6.24. The summed E-state index contributed by atoms with van der Waals surface area (Å²) in [5.74, 6) is 0.895. The van der Waals surface area contributed by atoms with E-state index in [1.54, 1.807) is 0 Å². The van der Waals surface area contributed by atoms with Gasteiger partial charge in [0, 0.05) is 6.04 Å². The van der Waals surface area contributed by atoms with Crippen LogP contribution in [0.3, 0.4) is 0 Å². The number of nitrogens with one attached hydrogen (secondary N) is 1. The second kappa shape index (κ2) is 8.60. The van der Waals surface area contributed by atoms with Gasteiger partial charge in [-0.05, 0) is 32.6 Å². The number of hydrogen-bond acceptors (Lipinski definition) is 5. The molecule has 1 unspecified atom stereocenters. The van der Waals surface area contributed by atoms with Crippen LogP contribution in [-0.2, 0) is 16.0 Å². The predicted molar refractivity (Wildman–Crippen MR) is 89.4 cm³/mol. The number of nitrogens with zero attached hydrogens (tertiary/aromatic N) is 2. The van der Waals surface area contributed by atoms with Crippen molar-refractivity contribution in [2.45, 2.75) is 95.8 Å². The van der Waals surface area contributed by atoms with Gasteiger partial charge in [0.15, 0.2) is 5.82 Å². The summed E-state index contributed by atoms with van der Waals surface area (Å²) in [7, 11) is 0. The van der Waals surface area contributed by atoms with Gasteiger partial charge >= 0.3 is 0 Å². The zero-order valence-electron chi connectivity index (χ0n) is 14.6. The average molecular weight is 335 g/mol. The number of aromatic nitrogens is 2. The van der Waals surface area contributed by atoms with Crippen LogP contribution in [-0.4, -0.2) is 28.2 Å². The maximum atomic E-state index is 12.0. The minimum atomic E-state index is -0.216. The number of carbonyl (C=O) groups is 1. The summed E-state index contributed by atoms with van der Waals surface area (Å²) < 4.78 is 11.4. The highest BCUT2D eigenvalue weighted by molar-refractivity contribution is 5.78. The average Bonchev–Trinajstić information content (AvgIpc) is 3.16. The van der Waals surface area contributed by atoms with Gasteiger partial charge in [-0.1, -0.05) is 43.7 Å². The Bertz CT molecular complexity index is 517. The minimum Gasteiger partial charge on any atom is -0.365 e. The van der Waals surface area contributed by atoms with Crippen molar-refractivity contribution in [1.29, 1.82) is 0 Å². The molecule has 6 nitrogen and oxygen atoms in total. The highest BCUT2D eigenvalue weighted by atomic mass is 16.5. The number of carbonyl (C=O) groups excluding carboxylic acids is 1. The number of hydrogen-bond donors (Lipinski definition) is 1.